The first-order valence-electron chi connectivity index (χ1n) is 7.69. The van der Waals surface area contributed by atoms with Crippen LogP contribution in [0, 0.1) is 23.7 Å². The van der Waals surface area contributed by atoms with Gasteiger partial charge in [0, 0.05) is 5.92 Å². The standard InChI is InChI=1S/C18H24O3/c1-10-7-11(2)17-12(3)14(10)9-21-18(17)13-5-6-15(19)16(8-13)20-4/h5-8,10,12,14,17-19H,9H2,1-4H3/t10-,12+,14-,17+,18+/m1/s1. The highest BCUT2D eigenvalue weighted by atomic mass is 16.5. The van der Waals surface area contributed by atoms with Crippen LogP contribution < -0.4 is 4.74 Å². The van der Waals surface area contributed by atoms with E-state index in [1.54, 1.807) is 13.2 Å². The second-order valence-electron chi connectivity index (χ2n) is 6.50. The minimum Gasteiger partial charge on any atom is -0.504 e. The number of rotatable bonds is 2. The highest BCUT2D eigenvalue weighted by molar-refractivity contribution is 5.43. The van der Waals surface area contributed by atoms with Gasteiger partial charge in [0.2, 0.25) is 0 Å². The maximum Gasteiger partial charge on any atom is 0.160 e. The van der Waals surface area contributed by atoms with Crippen LogP contribution in [0.15, 0.2) is 29.8 Å². The Kier molecular flexibility index (Phi) is 3.70. The van der Waals surface area contributed by atoms with Gasteiger partial charge in [-0.3, -0.25) is 0 Å². The molecule has 1 aromatic carbocycles. The molecule has 2 aliphatic rings. The average molecular weight is 288 g/mol. The Morgan fingerprint density at radius 1 is 1.29 bits per heavy atom. The van der Waals surface area contributed by atoms with Gasteiger partial charge < -0.3 is 14.6 Å². The fourth-order valence-electron chi connectivity index (χ4n) is 4.12. The first-order valence-corrected chi connectivity index (χ1v) is 7.69. The number of benzene rings is 1. The molecule has 1 fully saturated rings. The number of allylic oxidation sites excluding steroid dienone is 1. The second kappa shape index (κ2) is 5.38. The summed E-state index contributed by atoms with van der Waals surface area (Å²) < 4.78 is 11.4. The van der Waals surface area contributed by atoms with Gasteiger partial charge in [0.05, 0.1) is 19.8 Å². The third kappa shape index (κ3) is 2.34. The zero-order valence-corrected chi connectivity index (χ0v) is 13.2. The van der Waals surface area contributed by atoms with E-state index >= 15 is 0 Å². The van der Waals surface area contributed by atoms with Crippen LogP contribution in [0.25, 0.3) is 0 Å². The molecule has 0 aromatic heterocycles. The molecule has 1 saturated heterocycles. The molecule has 0 radical (unpaired) electrons. The lowest BCUT2D eigenvalue weighted by Crippen LogP contribution is -2.42. The van der Waals surface area contributed by atoms with Crippen LogP contribution in [0.2, 0.25) is 0 Å². The molecule has 3 heteroatoms. The minimum atomic E-state index is 0.0505. The summed E-state index contributed by atoms with van der Waals surface area (Å²) in [5.41, 5.74) is 2.50. The molecule has 1 aliphatic heterocycles. The Balaban J connectivity index is 1.98. The van der Waals surface area contributed by atoms with Crippen molar-refractivity contribution in [1.82, 2.24) is 0 Å². The van der Waals surface area contributed by atoms with E-state index in [1.807, 2.05) is 12.1 Å². The molecule has 5 atom stereocenters. The van der Waals surface area contributed by atoms with E-state index in [1.165, 1.54) is 5.57 Å². The molecule has 0 unspecified atom stereocenters. The Bertz CT molecular complexity index is 564. The van der Waals surface area contributed by atoms with E-state index in [4.69, 9.17) is 9.47 Å². The van der Waals surface area contributed by atoms with Gasteiger partial charge in [-0.15, -0.1) is 0 Å². The maximum absolute atomic E-state index is 9.77. The normalized spacial score (nSPS) is 35.2. The molecule has 21 heavy (non-hydrogen) atoms. The molecular weight excluding hydrogens is 264 g/mol. The zero-order chi connectivity index (χ0) is 15.1. The van der Waals surface area contributed by atoms with Crippen molar-refractivity contribution in [2.75, 3.05) is 13.7 Å². The van der Waals surface area contributed by atoms with Crippen LogP contribution in [-0.2, 0) is 4.74 Å². The third-order valence-electron chi connectivity index (χ3n) is 5.30. The molecule has 0 spiro atoms. The number of hydrogen-bond donors (Lipinski definition) is 1. The summed E-state index contributed by atoms with van der Waals surface area (Å²) in [5.74, 6) is 2.91. The lowest BCUT2D eigenvalue weighted by Gasteiger charge is -2.47. The van der Waals surface area contributed by atoms with E-state index in [9.17, 15) is 5.11 Å². The molecule has 1 aliphatic carbocycles. The summed E-state index contributed by atoms with van der Waals surface area (Å²) in [7, 11) is 1.58. The van der Waals surface area contributed by atoms with E-state index in [-0.39, 0.29) is 11.9 Å². The van der Waals surface area contributed by atoms with Crippen LogP contribution >= 0.6 is 0 Å². The van der Waals surface area contributed by atoms with Gasteiger partial charge in [0.25, 0.3) is 0 Å². The number of ether oxygens (including phenoxy) is 2. The van der Waals surface area contributed by atoms with Crippen molar-refractivity contribution in [2.45, 2.75) is 26.9 Å². The first kappa shape index (κ1) is 14.5. The Morgan fingerprint density at radius 3 is 2.76 bits per heavy atom. The number of phenols is 1. The lowest BCUT2D eigenvalue weighted by atomic mass is 9.64. The summed E-state index contributed by atoms with van der Waals surface area (Å²) in [6.07, 6.45) is 2.46. The lowest BCUT2D eigenvalue weighted by molar-refractivity contribution is -0.0935. The summed E-state index contributed by atoms with van der Waals surface area (Å²) >= 11 is 0. The predicted octanol–water partition coefficient (Wildman–Crippen LogP) is 3.94. The molecule has 1 N–H and O–H groups in total. The summed E-state index contributed by atoms with van der Waals surface area (Å²) in [6.45, 7) is 7.65. The van der Waals surface area contributed by atoms with Crippen LogP contribution in [0.3, 0.4) is 0 Å². The SMILES string of the molecule is COc1cc([C@@H]2OC[C@H]3[C@H](C)[C@@H]2C(C)=C[C@H]3C)ccc1O. The number of fused-ring (bicyclic) bond motifs is 2. The van der Waals surface area contributed by atoms with Crippen LogP contribution in [0.5, 0.6) is 11.5 Å². The minimum absolute atomic E-state index is 0.0505. The first-order chi connectivity index (χ1) is 10.0. The van der Waals surface area contributed by atoms with Crippen molar-refractivity contribution < 1.29 is 14.6 Å². The molecule has 114 valence electrons. The van der Waals surface area contributed by atoms with E-state index in [0.29, 0.717) is 29.4 Å². The fourth-order valence-corrected chi connectivity index (χ4v) is 4.12. The largest absolute Gasteiger partial charge is 0.504 e. The number of aromatic hydroxyl groups is 1. The van der Waals surface area contributed by atoms with Gasteiger partial charge in [0.1, 0.15) is 0 Å². The highest BCUT2D eigenvalue weighted by Crippen LogP contribution is 2.50. The van der Waals surface area contributed by atoms with Crippen molar-refractivity contribution in [1.29, 1.82) is 0 Å². The molecule has 0 saturated carbocycles. The number of phenolic OH excluding ortho intramolecular Hbond substituents is 1. The zero-order valence-electron chi connectivity index (χ0n) is 13.2. The fraction of sp³-hybridized carbons (Fsp3) is 0.556. The van der Waals surface area contributed by atoms with Gasteiger partial charge in [-0.1, -0.05) is 31.6 Å². The third-order valence-corrected chi connectivity index (χ3v) is 5.30. The predicted molar refractivity (Wildman–Crippen MR) is 82.4 cm³/mol. The smallest absolute Gasteiger partial charge is 0.160 e. The molecule has 1 heterocycles. The summed E-state index contributed by atoms with van der Waals surface area (Å²) in [4.78, 5) is 0. The Labute approximate surface area is 126 Å². The second-order valence-corrected chi connectivity index (χ2v) is 6.50. The maximum atomic E-state index is 9.77. The van der Waals surface area contributed by atoms with Crippen molar-refractivity contribution in [3.05, 3.63) is 35.4 Å². The average Bonchev–Trinajstić information content (AvgIpc) is 2.45. The van der Waals surface area contributed by atoms with E-state index in [2.05, 4.69) is 26.8 Å². The molecule has 3 nitrogen and oxygen atoms in total. The van der Waals surface area contributed by atoms with E-state index < -0.39 is 0 Å². The highest BCUT2D eigenvalue weighted by Gasteiger charge is 2.43. The molecule has 1 aromatic rings. The quantitative estimate of drug-likeness (QED) is 0.838. The molecule has 0 amide bonds. The number of methoxy groups -OCH3 is 1. The van der Waals surface area contributed by atoms with E-state index in [0.717, 1.165) is 12.2 Å². The topological polar surface area (TPSA) is 38.7 Å². The Hall–Kier alpha value is -1.48. The molecular formula is C18H24O3. The monoisotopic (exact) mass is 288 g/mol. The van der Waals surface area contributed by atoms with Gasteiger partial charge in [0.15, 0.2) is 11.5 Å². The summed E-state index contributed by atoms with van der Waals surface area (Å²) in [5, 5.41) is 9.77. The van der Waals surface area contributed by atoms with Crippen molar-refractivity contribution >= 4 is 0 Å². The summed E-state index contributed by atoms with van der Waals surface area (Å²) in [6, 6.07) is 5.54. The van der Waals surface area contributed by atoms with Crippen molar-refractivity contribution in [2.24, 2.45) is 23.7 Å². The van der Waals surface area contributed by atoms with Gasteiger partial charge in [-0.2, -0.15) is 0 Å². The molecule has 3 rings (SSSR count). The van der Waals surface area contributed by atoms with Crippen molar-refractivity contribution in [3.8, 4) is 11.5 Å². The van der Waals surface area contributed by atoms with Crippen molar-refractivity contribution in [3.63, 3.8) is 0 Å². The van der Waals surface area contributed by atoms with Gasteiger partial charge >= 0.3 is 0 Å². The Morgan fingerprint density at radius 2 is 2.05 bits per heavy atom. The van der Waals surface area contributed by atoms with Gasteiger partial charge in [-0.05, 0) is 42.4 Å². The molecule has 2 bridgehead atoms. The van der Waals surface area contributed by atoms with Crippen LogP contribution in [-0.4, -0.2) is 18.8 Å². The van der Waals surface area contributed by atoms with Crippen LogP contribution in [0.1, 0.15) is 32.4 Å². The van der Waals surface area contributed by atoms with Crippen LogP contribution in [0.4, 0.5) is 0 Å². The number of hydrogen-bond acceptors (Lipinski definition) is 3. The van der Waals surface area contributed by atoms with Gasteiger partial charge in [-0.25, -0.2) is 0 Å².